The summed E-state index contributed by atoms with van der Waals surface area (Å²) in [7, 11) is 0. The Bertz CT molecular complexity index is 616. The van der Waals surface area contributed by atoms with Crippen molar-refractivity contribution in [1.82, 2.24) is 5.32 Å². The molecular weight excluding hydrogens is 288 g/mol. The minimum atomic E-state index is -0.219. The predicted molar refractivity (Wildman–Crippen MR) is 91.5 cm³/mol. The number of anilines is 1. The Morgan fingerprint density at radius 1 is 1.09 bits per heavy atom. The molecule has 1 fully saturated rings. The molecule has 1 heterocycles. The molecule has 0 radical (unpaired) electrons. The SMILES string of the molecule is O=C(CNc1ccccc1)O[C@H]1CNCC[C@H]1c1ccccc1. The number of carbonyl (C=O) groups is 1. The van der Waals surface area contributed by atoms with Gasteiger partial charge in [-0.2, -0.15) is 0 Å². The van der Waals surface area contributed by atoms with Crippen LogP contribution in [0.2, 0.25) is 0 Å². The van der Waals surface area contributed by atoms with Crippen molar-refractivity contribution in [3.05, 3.63) is 66.2 Å². The van der Waals surface area contributed by atoms with Crippen molar-refractivity contribution in [2.45, 2.75) is 18.4 Å². The van der Waals surface area contributed by atoms with Crippen molar-refractivity contribution in [2.75, 3.05) is 25.0 Å². The van der Waals surface area contributed by atoms with Crippen LogP contribution in [-0.4, -0.2) is 31.7 Å². The molecule has 120 valence electrons. The van der Waals surface area contributed by atoms with Crippen molar-refractivity contribution in [2.24, 2.45) is 0 Å². The fourth-order valence-corrected chi connectivity index (χ4v) is 2.98. The summed E-state index contributed by atoms with van der Waals surface area (Å²) in [5, 5.41) is 6.41. The van der Waals surface area contributed by atoms with Crippen molar-refractivity contribution >= 4 is 11.7 Å². The zero-order chi connectivity index (χ0) is 15.9. The summed E-state index contributed by atoms with van der Waals surface area (Å²) in [4.78, 5) is 12.1. The Morgan fingerprint density at radius 3 is 2.52 bits per heavy atom. The van der Waals surface area contributed by atoms with Gasteiger partial charge in [0.2, 0.25) is 0 Å². The van der Waals surface area contributed by atoms with Gasteiger partial charge in [0.25, 0.3) is 0 Å². The van der Waals surface area contributed by atoms with Crippen molar-refractivity contribution in [3.63, 3.8) is 0 Å². The molecule has 4 nitrogen and oxygen atoms in total. The summed E-state index contributed by atoms with van der Waals surface area (Å²) in [6.07, 6.45) is 0.866. The van der Waals surface area contributed by atoms with E-state index in [9.17, 15) is 4.79 Å². The first-order chi connectivity index (χ1) is 11.3. The number of nitrogens with one attached hydrogen (secondary N) is 2. The quantitative estimate of drug-likeness (QED) is 0.834. The van der Waals surface area contributed by atoms with Crippen LogP contribution in [0, 0.1) is 0 Å². The van der Waals surface area contributed by atoms with Gasteiger partial charge in [-0.15, -0.1) is 0 Å². The van der Waals surface area contributed by atoms with Crippen LogP contribution in [0.25, 0.3) is 0 Å². The summed E-state index contributed by atoms with van der Waals surface area (Å²) < 4.78 is 5.72. The summed E-state index contributed by atoms with van der Waals surface area (Å²) >= 11 is 0. The molecule has 0 amide bonds. The number of para-hydroxylation sites is 1. The fraction of sp³-hybridized carbons (Fsp3) is 0.316. The van der Waals surface area contributed by atoms with Crippen molar-refractivity contribution in [1.29, 1.82) is 0 Å². The normalized spacial score (nSPS) is 20.7. The second-order valence-corrected chi connectivity index (χ2v) is 5.76. The van der Waals surface area contributed by atoms with E-state index in [0.29, 0.717) is 6.54 Å². The number of rotatable bonds is 5. The first kappa shape index (κ1) is 15.6. The molecule has 0 unspecified atom stereocenters. The highest BCUT2D eigenvalue weighted by Gasteiger charge is 2.29. The van der Waals surface area contributed by atoms with Crippen LogP contribution < -0.4 is 10.6 Å². The molecule has 2 atom stereocenters. The van der Waals surface area contributed by atoms with Crippen molar-refractivity contribution < 1.29 is 9.53 Å². The highest BCUT2D eigenvalue weighted by molar-refractivity contribution is 5.75. The van der Waals surface area contributed by atoms with Crippen LogP contribution >= 0.6 is 0 Å². The lowest BCUT2D eigenvalue weighted by atomic mass is 9.88. The first-order valence-electron chi connectivity index (χ1n) is 8.07. The van der Waals surface area contributed by atoms with Gasteiger partial charge < -0.3 is 15.4 Å². The van der Waals surface area contributed by atoms with E-state index in [4.69, 9.17) is 4.74 Å². The molecule has 2 aromatic rings. The molecule has 0 aliphatic carbocycles. The Labute approximate surface area is 136 Å². The summed E-state index contributed by atoms with van der Waals surface area (Å²) in [5.74, 6) is 0.0432. The average Bonchev–Trinajstić information content (AvgIpc) is 2.62. The number of ether oxygens (including phenoxy) is 1. The maximum Gasteiger partial charge on any atom is 0.325 e. The summed E-state index contributed by atoms with van der Waals surface area (Å²) in [6.45, 7) is 1.84. The third-order valence-electron chi connectivity index (χ3n) is 4.15. The molecule has 2 aromatic carbocycles. The van der Waals surface area contributed by atoms with Gasteiger partial charge in [-0.3, -0.25) is 4.79 Å². The van der Waals surface area contributed by atoms with E-state index in [1.165, 1.54) is 5.56 Å². The number of hydrogen-bond donors (Lipinski definition) is 2. The van der Waals surface area contributed by atoms with Gasteiger partial charge in [-0.1, -0.05) is 48.5 Å². The molecule has 0 saturated carbocycles. The third kappa shape index (κ3) is 4.33. The minimum absolute atomic E-state index is 0.115. The van der Waals surface area contributed by atoms with Gasteiger partial charge in [-0.05, 0) is 30.7 Å². The molecular formula is C19H22N2O2. The fourth-order valence-electron chi connectivity index (χ4n) is 2.98. The average molecular weight is 310 g/mol. The van der Waals surface area contributed by atoms with E-state index in [0.717, 1.165) is 18.7 Å². The van der Waals surface area contributed by atoms with Gasteiger partial charge in [-0.25, -0.2) is 0 Å². The molecule has 2 N–H and O–H groups in total. The van der Waals surface area contributed by atoms with Crippen LogP contribution in [0.15, 0.2) is 60.7 Å². The highest BCUT2D eigenvalue weighted by atomic mass is 16.5. The minimum Gasteiger partial charge on any atom is -0.459 e. The summed E-state index contributed by atoms with van der Waals surface area (Å²) in [5.41, 5.74) is 2.16. The lowest BCUT2D eigenvalue weighted by Gasteiger charge is -2.32. The molecule has 3 rings (SSSR count). The maximum absolute atomic E-state index is 12.1. The number of esters is 1. The smallest absolute Gasteiger partial charge is 0.325 e. The van der Waals surface area contributed by atoms with Gasteiger partial charge in [0.15, 0.2) is 0 Å². The van der Waals surface area contributed by atoms with E-state index in [1.807, 2.05) is 48.5 Å². The zero-order valence-electron chi connectivity index (χ0n) is 13.1. The molecule has 4 heteroatoms. The Balaban J connectivity index is 1.57. The van der Waals surface area contributed by atoms with Crippen LogP contribution in [0.5, 0.6) is 0 Å². The summed E-state index contributed by atoms with van der Waals surface area (Å²) in [6, 6.07) is 20.0. The van der Waals surface area contributed by atoms with Crippen LogP contribution in [0.3, 0.4) is 0 Å². The molecule has 1 saturated heterocycles. The number of piperidine rings is 1. The van der Waals surface area contributed by atoms with Gasteiger partial charge in [0.1, 0.15) is 12.6 Å². The predicted octanol–water partition coefficient (Wildman–Crippen LogP) is 2.79. The monoisotopic (exact) mass is 310 g/mol. The zero-order valence-corrected chi connectivity index (χ0v) is 13.1. The lowest BCUT2D eigenvalue weighted by molar-refractivity contribution is -0.148. The van der Waals surface area contributed by atoms with Crippen LogP contribution in [0.4, 0.5) is 5.69 Å². The molecule has 0 aromatic heterocycles. The number of benzene rings is 2. The number of carbonyl (C=O) groups excluding carboxylic acids is 1. The van der Waals surface area contributed by atoms with Gasteiger partial charge >= 0.3 is 5.97 Å². The van der Waals surface area contributed by atoms with E-state index in [-0.39, 0.29) is 24.5 Å². The lowest BCUT2D eigenvalue weighted by Crippen LogP contribution is -2.42. The molecule has 0 spiro atoms. The van der Waals surface area contributed by atoms with Crippen LogP contribution in [0.1, 0.15) is 17.9 Å². The van der Waals surface area contributed by atoms with E-state index in [1.54, 1.807) is 0 Å². The van der Waals surface area contributed by atoms with Gasteiger partial charge in [0, 0.05) is 18.2 Å². The van der Waals surface area contributed by atoms with Crippen molar-refractivity contribution in [3.8, 4) is 0 Å². The number of hydrogen-bond acceptors (Lipinski definition) is 4. The largest absolute Gasteiger partial charge is 0.459 e. The third-order valence-corrected chi connectivity index (χ3v) is 4.15. The van der Waals surface area contributed by atoms with E-state index >= 15 is 0 Å². The first-order valence-corrected chi connectivity index (χ1v) is 8.07. The van der Waals surface area contributed by atoms with E-state index < -0.39 is 0 Å². The maximum atomic E-state index is 12.1. The molecule has 1 aliphatic heterocycles. The van der Waals surface area contributed by atoms with Crippen LogP contribution in [-0.2, 0) is 9.53 Å². The molecule has 1 aliphatic rings. The topological polar surface area (TPSA) is 50.4 Å². The molecule has 0 bridgehead atoms. The Kier molecular flexibility index (Phi) is 5.27. The van der Waals surface area contributed by atoms with Gasteiger partial charge in [0.05, 0.1) is 0 Å². The highest BCUT2D eigenvalue weighted by Crippen LogP contribution is 2.27. The van der Waals surface area contributed by atoms with E-state index in [2.05, 4.69) is 22.8 Å². The molecule has 23 heavy (non-hydrogen) atoms. The second kappa shape index (κ2) is 7.79. The Hall–Kier alpha value is -2.33. The standard InChI is InChI=1S/C19H22N2O2/c22-19(14-21-16-9-5-2-6-10-16)23-18-13-20-12-11-17(18)15-7-3-1-4-8-15/h1-10,17-18,20-21H,11-14H2/t17-,18-/m0/s1. The second-order valence-electron chi connectivity index (χ2n) is 5.76. The Morgan fingerprint density at radius 2 is 1.78 bits per heavy atom.